The molecule has 1 saturated heterocycles. The molecule has 0 N–H and O–H groups in total. The van der Waals surface area contributed by atoms with Crippen LogP contribution in [0.1, 0.15) is 0 Å². The maximum atomic E-state index is 5.66. The Bertz CT molecular complexity index is 478. The van der Waals surface area contributed by atoms with Gasteiger partial charge in [-0.05, 0) is 12.1 Å². The van der Waals surface area contributed by atoms with Crippen molar-refractivity contribution in [3.8, 4) is 11.5 Å². The van der Waals surface area contributed by atoms with E-state index in [0.29, 0.717) is 25.1 Å². The van der Waals surface area contributed by atoms with Crippen molar-refractivity contribution in [3.05, 3.63) is 30.3 Å². The van der Waals surface area contributed by atoms with E-state index < -0.39 is 0 Å². The summed E-state index contributed by atoms with van der Waals surface area (Å²) < 4.78 is 10.9. The maximum Gasteiger partial charge on any atom is 0.318 e. The molecule has 0 radical (unpaired) electrons. The Balaban J connectivity index is 1.83. The Hall–Kier alpha value is -1.88. The predicted molar refractivity (Wildman–Crippen MR) is 62.8 cm³/mol. The molecule has 2 aromatic rings. The second-order valence-corrected chi connectivity index (χ2v) is 3.86. The van der Waals surface area contributed by atoms with Gasteiger partial charge in [-0.3, -0.25) is 0 Å². The second kappa shape index (κ2) is 4.55. The van der Waals surface area contributed by atoms with E-state index in [1.165, 1.54) is 0 Å². The zero-order chi connectivity index (χ0) is 11.5. The van der Waals surface area contributed by atoms with Crippen LogP contribution in [0.15, 0.2) is 34.7 Å². The maximum absolute atomic E-state index is 5.66. The first-order valence-corrected chi connectivity index (χ1v) is 5.65. The van der Waals surface area contributed by atoms with Crippen LogP contribution in [0.4, 0.5) is 6.01 Å². The van der Waals surface area contributed by atoms with E-state index in [-0.39, 0.29) is 0 Å². The van der Waals surface area contributed by atoms with Crippen molar-refractivity contribution in [1.29, 1.82) is 0 Å². The summed E-state index contributed by atoms with van der Waals surface area (Å²) in [6, 6.07) is 10.4. The van der Waals surface area contributed by atoms with Crippen molar-refractivity contribution in [2.24, 2.45) is 0 Å². The van der Waals surface area contributed by atoms with Crippen molar-refractivity contribution < 1.29 is 9.15 Å². The lowest BCUT2D eigenvalue weighted by Crippen LogP contribution is -2.36. The van der Waals surface area contributed by atoms with Crippen LogP contribution in [0.25, 0.3) is 11.5 Å². The summed E-state index contributed by atoms with van der Waals surface area (Å²) in [5.74, 6) is 0.562. The van der Waals surface area contributed by atoms with Gasteiger partial charge in [0.2, 0.25) is 5.89 Å². The van der Waals surface area contributed by atoms with Gasteiger partial charge in [-0.1, -0.05) is 23.3 Å². The number of ether oxygens (including phenoxy) is 1. The molecule has 0 bridgehead atoms. The fourth-order valence-corrected chi connectivity index (χ4v) is 1.80. The highest BCUT2D eigenvalue weighted by Gasteiger charge is 2.17. The molecule has 0 saturated carbocycles. The summed E-state index contributed by atoms with van der Waals surface area (Å²) in [6.07, 6.45) is 0. The molecule has 88 valence electrons. The average molecular weight is 231 g/mol. The molecular formula is C12H13N3O2. The van der Waals surface area contributed by atoms with Gasteiger partial charge in [0, 0.05) is 18.7 Å². The topological polar surface area (TPSA) is 51.4 Å². The van der Waals surface area contributed by atoms with Crippen LogP contribution in [0.5, 0.6) is 0 Å². The summed E-state index contributed by atoms with van der Waals surface area (Å²) in [7, 11) is 0. The molecule has 1 aliphatic rings. The van der Waals surface area contributed by atoms with E-state index in [4.69, 9.17) is 9.15 Å². The summed E-state index contributed by atoms with van der Waals surface area (Å²) in [6.45, 7) is 3.03. The second-order valence-electron chi connectivity index (χ2n) is 3.86. The first-order chi connectivity index (χ1) is 8.43. The van der Waals surface area contributed by atoms with Crippen molar-refractivity contribution in [3.63, 3.8) is 0 Å². The lowest BCUT2D eigenvalue weighted by atomic mass is 10.2. The standard InChI is InChI=1S/C12H13N3O2/c1-2-4-10(5-3-1)11-13-14-12(17-11)15-6-8-16-9-7-15/h1-5H,6-9H2. The van der Waals surface area contributed by atoms with Gasteiger partial charge >= 0.3 is 6.01 Å². The van der Waals surface area contributed by atoms with Crippen molar-refractivity contribution in [2.45, 2.75) is 0 Å². The fourth-order valence-electron chi connectivity index (χ4n) is 1.80. The Morgan fingerprint density at radius 1 is 1.00 bits per heavy atom. The summed E-state index contributed by atoms with van der Waals surface area (Å²) in [4.78, 5) is 2.04. The van der Waals surface area contributed by atoms with Gasteiger partial charge in [0.05, 0.1) is 13.2 Å². The summed E-state index contributed by atoms with van der Waals surface area (Å²) >= 11 is 0. The average Bonchev–Trinajstić information content (AvgIpc) is 2.90. The van der Waals surface area contributed by atoms with Crippen molar-refractivity contribution in [1.82, 2.24) is 10.2 Å². The Morgan fingerprint density at radius 3 is 2.53 bits per heavy atom. The molecule has 5 heteroatoms. The minimum Gasteiger partial charge on any atom is -0.403 e. The van der Waals surface area contributed by atoms with Gasteiger partial charge in [-0.25, -0.2) is 0 Å². The van der Waals surface area contributed by atoms with Crippen LogP contribution in [0, 0.1) is 0 Å². The van der Waals surface area contributed by atoms with Crippen molar-refractivity contribution in [2.75, 3.05) is 31.2 Å². The number of benzene rings is 1. The third-order valence-electron chi connectivity index (χ3n) is 2.72. The quantitative estimate of drug-likeness (QED) is 0.785. The highest BCUT2D eigenvalue weighted by atomic mass is 16.5. The lowest BCUT2D eigenvalue weighted by Gasteiger charge is -2.24. The van der Waals surface area contributed by atoms with Gasteiger partial charge < -0.3 is 14.1 Å². The van der Waals surface area contributed by atoms with Gasteiger partial charge in [-0.15, -0.1) is 5.10 Å². The zero-order valence-corrected chi connectivity index (χ0v) is 9.37. The number of aromatic nitrogens is 2. The van der Waals surface area contributed by atoms with Gasteiger partial charge in [0.1, 0.15) is 0 Å². The molecule has 0 aliphatic carbocycles. The molecule has 5 nitrogen and oxygen atoms in total. The van der Waals surface area contributed by atoms with E-state index in [1.54, 1.807) is 0 Å². The summed E-state index contributed by atoms with van der Waals surface area (Å²) in [5, 5.41) is 8.13. The van der Waals surface area contributed by atoms with Crippen LogP contribution in [-0.2, 0) is 4.74 Å². The van der Waals surface area contributed by atoms with Crippen LogP contribution in [-0.4, -0.2) is 36.5 Å². The monoisotopic (exact) mass is 231 g/mol. The number of hydrogen-bond donors (Lipinski definition) is 0. The van der Waals surface area contributed by atoms with Gasteiger partial charge in [0.25, 0.3) is 0 Å². The lowest BCUT2D eigenvalue weighted by molar-refractivity contribution is 0.120. The summed E-state index contributed by atoms with van der Waals surface area (Å²) in [5.41, 5.74) is 0.944. The number of hydrogen-bond acceptors (Lipinski definition) is 5. The van der Waals surface area contributed by atoms with Gasteiger partial charge in [-0.2, -0.15) is 0 Å². The van der Waals surface area contributed by atoms with Crippen LogP contribution < -0.4 is 4.90 Å². The molecular weight excluding hydrogens is 218 g/mol. The van der Waals surface area contributed by atoms with Gasteiger partial charge in [0.15, 0.2) is 0 Å². The molecule has 1 aliphatic heterocycles. The highest BCUT2D eigenvalue weighted by Crippen LogP contribution is 2.21. The number of anilines is 1. The van der Waals surface area contributed by atoms with Crippen LogP contribution >= 0.6 is 0 Å². The van der Waals surface area contributed by atoms with E-state index in [0.717, 1.165) is 18.7 Å². The zero-order valence-electron chi connectivity index (χ0n) is 9.37. The Kier molecular flexibility index (Phi) is 2.75. The largest absolute Gasteiger partial charge is 0.403 e. The first-order valence-electron chi connectivity index (χ1n) is 5.65. The molecule has 0 spiro atoms. The molecule has 1 aromatic carbocycles. The molecule has 17 heavy (non-hydrogen) atoms. The smallest absolute Gasteiger partial charge is 0.318 e. The van der Waals surface area contributed by atoms with E-state index in [1.807, 2.05) is 35.2 Å². The van der Waals surface area contributed by atoms with Crippen molar-refractivity contribution >= 4 is 6.01 Å². The van der Waals surface area contributed by atoms with E-state index in [2.05, 4.69) is 10.2 Å². The predicted octanol–water partition coefficient (Wildman–Crippen LogP) is 1.57. The Morgan fingerprint density at radius 2 is 1.76 bits per heavy atom. The molecule has 2 heterocycles. The molecule has 0 atom stereocenters. The third-order valence-corrected chi connectivity index (χ3v) is 2.72. The highest BCUT2D eigenvalue weighted by molar-refractivity contribution is 5.53. The molecule has 0 unspecified atom stereocenters. The normalized spacial score (nSPS) is 16.1. The van der Waals surface area contributed by atoms with Crippen LogP contribution in [0.3, 0.4) is 0 Å². The minimum absolute atomic E-state index is 0.562. The minimum atomic E-state index is 0.562. The van der Waals surface area contributed by atoms with E-state index in [9.17, 15) is 0 Å². The van der Waals surface area contributed by atoms with E-state index >= 15 is 0 Å². The molecule has 1 fully saturated rings. The van der Waals surface area contributed by atoms with Crippen LogP contribution in [0.2, 0.25) is 0 Å². The molecule has 3 rings (SSSR count). The number of rotatable bonds is 2. The molecule has 1 aromatic heterocycles. The fraction of sp³-hybridized carbons (Fsp3) is 0.333. The molecule has 0 amide bonds. The first kappa shape index (κ1) is 10.3. The number of morpholine rings is 1. The third kappa shape index (κ3) is 2.14. The SMILES string of the molecule is c1ccc(-c2nnc(N3CCOCC3)o2)cc1. The Labute approximate surface area is 99.0 Å². The number of nitrogens with zero attached hydrogens (tertiary/aromatic N) is 3.